The van der Waals surface area contributed by atoms with Crippen molar-refractivity contribution in [3.63, 3.8) is 0 Å². The summed E-state index contributed by atoms with van der Waals surface area (Å²) >= 11 is 0. The molecule has 1 aromatic carbocycles. The predicted octanol–water partition coefficient (Wildman–Crippen LogP) is 1.88. The van der Waals surface area contributed by atoms with Gasteiger partial charge in [0.25, 0.3) is 0 Å². The number of nitrogen functional groups attached to an aromatic ring is 1. The Balaban J connectivity index is 2.15. The van der Waals surface area contributed by atoms with Crippen LogP contribution in [0.2, 0.25) is 0 Å². The lowest BCUT2D eigenvalue weighted by molar-refractivity contribution is 0.415. The standard InChI is InChI=1S/C16H15N7O/c1-3-23-9-14(21-22-23)13-7-12(19-16(18)20-13)11-6-4-5-10(8-17)15(11)24-2/h4-7,9H,3H2,1-2H3,(H2,18,19,20). The number of nitriles is 1. The number of aryl methyl sites for hydroxylation is 1. The Morgan fingerprint density at radius 3 is 2.71 bits per heavy atom. The minimum atomic E-state index is 0.109. The molecule has 0 aliphatic heterocycles. The summed E-state index contributed by atoms with van der Waals surface area (Å²) in [6, 6.07) is 9.11. The summed E-state index contributed by atoms with van der Waals surface area (Å²) in [5.74, 6) is 0.555. The van der Waals surface area contributed by atoms with Gasteiger partial charge in [0.1, 0.15) is 17.5 Å². The smallest absolute Gasteiger partial charge is 0.221 e. The number of para-hydroxylation sites is 1. The van der Waals surface area contributed by atoms with Crippen LogP contribution in [-0.2, 0) is 6.54 Å². The molecule has 0 unspecified atom stereocenters. The predicted molar refractivity (Wildman–Crippen MR) is 87.8 cm³/mol. The first kappa shape index (κ1) is 15.4. The summed E-state index contributed by atoms with van der Waals surface area (Å²) in [5.41, 5.74) is 8.65. The van der Waals surface area contributed by atoms with Crippen molar-refractivity contribution in [3.8, 4) is 34.5 Å². The summed E-state index contributed by atoms with van der Waals surface area (Å²) in [5, 5.41) is 17.3. The minimum Gasteiger partial charge on any atom is -0.495 e. The van der Waals surface area contributed by atoms with E-state index in [0.717, 1.165) is 0 Å². The number of nitrogens with two attached hydrogens (primary N) is 1. The summed E-state index contributed by atoms with van der Waals surface area (Å²) in [6.45, 7) is 2.68. The van der Waals surface area contributed by atoms with Crippen molar-refractivity contribution in [1.82, 2.24) is 25.0 Å². The molecule has 0 saturated carbocycles. The van der Waals surface area contributed by atoms with Gasteiger partial charge in [-0.3, -0.25) is 4.68 Å². The largest absolute Gasteiger partial charge is 0.495 e. The lowest BCUT2D eigenvalue weighted by Gasteiger charge is -2.10. The monoisotopic (exact) mass is 321 g/mol. The molecule has 0 spiro atoms. The Morgan fingerprint density at radius 2 is 2.04 bits per heavy atom. The molecule has 120 valence electrons. The van der Waals surface area contributed by atoms with Crippen molar-refractivity contribution in [2.24, 2.45) is 0 Å². The molecular weight excluding hydrogens is 306 g/mol. The van der Waals surface area contributed by atoms with Crippen LogP contribution in [0.1, 0.15) is 12.5 Å². The number of hydrogen-bond acceptors (Lipinski definition) is 7. The normalized spacial score (nSPS) is 10.4. The van der Waals surface area contributed by atoms with E-state index in [-0.39, 0.29) is 5.95 Å². The Labute approximate surface area is 138 Å². The number of hydrogen-bond donors (Lipinski definition) is 1. The second kappa shape index (κ2) is 6.34. The maximum absolute atomic E-state index is 9.23. The van der Waals surface area contributed by atoms with E-state index in [2.05, 4.69) is 26.3 Å². The Bertz CT molecular complexity index is 926. The van der Waals surface area contributed by atoms with E-state index < -0.39 is 0 Å². The highest BCUT2D eigenvalue weighted by Gasteiger charge is 2.15. The van der Waals surface area contributed by atoms with Gasteiger partial charge in [0.2, 0.25) is 5.95 Å². The Morgan fingerprint density at radius 1 is 1.25 bits per heavy atom. The second-order valence-electron chi connectivity index (χ2n) is 4.95. The van der Waals surface area contributed by atoms with Crippen molar-refractivity contribution in [3.05, 3.63) is 36.0 Å². The van der Waals surface area contributed by atoms with Crippen LogP contribution in [0, 0.1) is 11.3 Å². The number of nitrogens with zero attached hydrogens (tertiary/aromatic N) is 6. The number of methoxy groups -OCH3 is 1. The maximum atomic E-state index is 9.23. The highest BCUT2D eigenvalue weighted by Crippen LogP contribution is 2.33. The quantitative estimate of drug-likeness (QED) is 0.780. The van der Waals surface area contributed by atoms with Gasteiger partial charge in [-0.15, -0.1) is 5.10 Å². The second-order valence-corrected chi connectivity index (χ2v) is 4.95. The van der Waals surface area contributed by atoms with Crippen LogP contribution in [0.25, 0.3) is 22.6 Å². The van der Waals surface area contributed by atoms with Crippen molar-refractivity contribution < 1.29 is 4.74 Å². The van der Waals surface area contributed by atoms with Crippen LogP contribution in [-0.4, -0.2) is 32.1 Å². The van der Waals surface area contributed by atoms with Gasteiger partial charge in [-0.05, 0) is 25.1 Å². The van der Waals surface area contributed by atoms with E-state index in [1.165, 1.54) is 7.11 Å². The van der Waals surface area contributed by atoms with Gasteiger partial charge in [0.05, 0.1) is 30.3 Å². The zero-order valence-electron chi connectivity index (χ0n) is 13.3. The molecule has 3 aromatic rings. The van der Waals surface area contributed by atoms with E-state index >= 15 is 0 Å². The van der Waals surface area contributed by atoms with Gasteiger partial charge in [0, 0.05) is 12.1 Å². The number of ether oxygens (including phenoxy) is 1. The van der Waals surface area contributed by atoms with Crippen LogP contribution in [0.3, 0.4) is 0 Å². The van der Waals surface area contributed by atoms with Crippen LogP contribution >= 0.6 is 0 Å². The van der Waals surface area contributed by atoms with Crippen molar-refractivity contribution in [2.75, 3.05) is 12.8 Å². The number of aromatic nitrogens is 5. The number of benzene rings is 1. The van der Waals surface area contributed by atoms with E-state index in [1.54, 1.807) is 29.1 Å². The molecule has 2 aromatic heterocycles. The fourth-order valence-corrected chi connectivity index (χ4v) is 2.35. The molecule has 0 saturated heterocycles. The minimum absolute atomic E-state index is 0.109. The fourth-order valence-electron chi connectivity index (χ4n) is 2.35. The molecule has 2 heterocycles. The van der Waals surface area contributed by atoms with Gasteiger partial charge in [0.15, 0.2) is 0 Å². The third-order valence-corrected chi connectivity index (χ3v) is 3.48. The maximum Gasteiger partial charge on any atom is 0.221 e. The molecule has 0 atom stereocenters. The molecule has 0 aliphatic carbocycles. The fraction of sp³-hybridized carbons (Fsp3) is 0.188. The molecule has 2 N–H and O–H groups in total. The molecule has 8 nitrogen and oxygen atoms in total. The van der Waals surface area contributed by atoms with Crippen molar-refractivity contribution >= 4 is 5.95 Å². The summed E-state index contributed by atoms with van der Waals surface area (Å²) in [7, 11) is 1.51. The average molecular weight is 321 g/mol. The van der Waals surface area contributed by atoms with E-state index in [0.29, 0.717) is 40.5 Å². The van der Waals surface area contributed by atoms with Gasteiger partial charge < -0.3 is 10.5 Å². The third-order valence-electron chi connectivity index (χ3n) is 3.48. The molecule has 8 heteroatoms. The first-order valence-corrected chi connectivity index (χ1v) is 7.28. The van der Waals surface area contributed by atoms with E-state index in [1.807, 2.05) is 13.0 Å². The van der Waals surface area contributed by atoms with Crippen LogP contribution in [0.4, 0.5) is 5.95 Å². The average Bonchev–Trinajstić information content (AvgIpc) is 3.09. The first-order valence-electron chi connectivity index (χ1n) is 7.28. The Kier molecular flexibility index (Phi) is 4.07. The van der Waals surface area contributed by atoms with Gasteiger partial charge in [-0.1, -0.05) is 11.3 Å². The van der Waals surface area contributed by atoms with Crippen LogP contribution in [0.15, 0.2) is 30.5 Å². The molecule has 24 heavy (non-hydrogen) atoms. The first-order chi connectivity index (χ1) is 11.7. The molecule has 0 radical (unpaired) electrons. The molecule has 0 aliphatic rings. The van der Waals surface area contributed by atoms with Crippen molar-refractivity contribution in [1.29, 1.82) is 5.26 Å². The molecule has 0 fully saturated rings. The van der Waals surface area contributed by atoms with Crippen molar-refractivity contribution in [2.45, 2.75) is 13.5 Å². The molecule has 0 bridgehead atoms. The summed E-state index contributed by atoms with van der Waals surface area (Å²) in [6.07, 6.45) is 1.79. The molecular formula is C16H15N7O. The van der Waals surface area contributed by atoms with Crippen LogP contribution in [0.5, 0.6) is 5.75 Å². The summed E-state index contributed by atoms with van der Waals surface area (Å²) in [4.78, 5) is 8.48. The molecule has 0 amide bonds. The highest BCUT2D eigenvalue weighted by atomic mass is 16.5. The van der Waals surface area contributed by atoms with E-state index in [9.17, 15) is 5.26 Å². The van der Waals surface area contributed by atoms with Crippen LogP contribution < -0.4 is 10.5 Å². The van der Waals surface area contributed by atoms with Gasteiger partial charge >= 0.3 is 0 Å². The highest BCUT2D eigenvalue weighted by molar-refractivity contribution is 5.74. The van der Waals surface area contributed by atoms with Gasteiger partial charge in [-0.25, -0.2) is 9.97 Å². The Hall–Kier alpha value is -3.47. The topological polar surface area (TPSA) is 116 Å². The molecule has 3 rings (SSSR count). The SMILES string of the molecule is CCn1cc(-c2cc(-c3cccc(C#N)c3OC)nc(N)n2)nn1. The summed E-state index contributed by atoms with van der Waals surface area (Å²) < 4.78 is 7.07. The van der Waals surface area contributed by atoms with Gasteiger partial charge in [-0.2, -0.15) is 5.26 Å². The lowest BCUT2D eigenvalue weighted by Crippen LogP contribution is -2.00. The number of anilines is 1. The zero-order chi connectivity index (χ0) is 17.1. The lowest BCUT2D eigenvalue weighted by atomic mass is 10.1. The van der Waals surface area contributed by atoms with E-state index in [4.69, 9.17) is 10.5 Å². The third kappa shape index (κ3) is 2.75. The number of rotatable bonds is 4. The zero-order valence-corrected chi connectivity index (χ0v) is 13.3.